The molecule has 18 heavy (non-hydrogen) atoms. The molecule has 2 amide bonds. The minimum Gasteiger partial charge on any atom is -0.279 e. The molecule has 0 radical (unpaired) electrons. The van der Waals surface area contributed by atoms with Gasteiger partial charge >= 0.3 is 0 Å². The van der Waals surface area contributed by atoms with Gasteiger partial charge in [0.2, 0.25) is 11.8 Å². The summed E-state index contributed by atoms with van der Waals surface area (Å²) in [6, 6.07) is 0.212. The fourth-order valence-electron chi connectivity index (χ4n) is 4.62. The summed E-state index contributed by atoms with van der Waals surface area (Å²) in [6.45, 7) is 0. The van der Waals surface area contributed by atoms with Crippen molar-refractivity contribution in [1.82, 2.24) is 4.90 Å². The maximum Gasteiger partial charge on any atom is 0.233 e. The van der Waals surface area contributed by atoms with E-state index >= 15 is 0 Å². The summed E-state index contributed by atoms with van der Waals surface area (Å²) in [4.78, 5) is 26.8. The van der Waals surface area contributed by atoms with Crippen LogP contribution in [0.1, 0.15) is 38.5 Å². The average molecular weight is 245 g/mol. The molecule has 3 fully saturated rings. The first-order valence-corrected chi connectivity index (χ1v) is 7.32. The van der Waals surface area contributed by atoms with Gasteiger partial charge in [-0.1, -0.05) is 31.4 Å². The summed E-state index contributed by atoms with van der Waals surface area (Å²) in [7, 11) is 0. The highest BCUT2D eigenvalue weighted by atomic mass is 16.2. The van der Waals surface area contributed by atoms with Crippen LogP contribution in [0.3, 0.4) is 0 Å². The molecule has 3 nitrogen and oxygen atoms in total. The van der Waals surface area contributed by atoms with Crippen molar-refractivity contribution >= 4 is 11.8 Å². The van der Waals surface area contributed by atoms with E-state index in [2.05, 4.69) is 12.2 Å². The monoisotopic (exact) mass is 245 g/mol. The molecule has 0 aromatic carbocycles. The van der Waals surface area contributed by atoms with E-state index in [-0.39, 0.29) is 29.7 Å². The van der Waals surface area contributed by atoms with E-state index in [9.17, 15) is 9.59 Å². The molecule has 2 saturated carbocycles. The number of amides is 2. The Morgan fingerprint density at radius 1 is 0.889 bits per heavy atom. The normalized spacial score (nSPS) is 43.0. The van der Waals surface area contributed by atoms with Crippen LogP contribution in [-0.2, 0) is 9.59 Å². The van der Waals surface area contributed by atoms with Crippen molar-refractivity contribution in [2.45, 2.75) is 44.6 Å². The third-order valence-electron chi connectivity index (χ3n) is 5.44. The first-order valence-electron chi connectivity index (χ1n) is 7.32. The number of fused-ring (bicyclic) bond motifs is 5. The lowest BCUT2D eigenvalue weighted by Crippen LogP contribution is -2.42. The molecule has 0 aromatic heterocycles. The van der Waals surface area contributed by atoms with Gasteiger partial charge in [-0.3, -0.25) is 14.5 Å². The standard InChI is InChI=1S/C15H19NO2/c17-14-12-9-6-7-10(8-9)13(12)15(18)16(14)11-4-2-1-3-5-11/h6-7,9-13H,1-5,8H2/t9-,10+,12?,13?. The second kappa shape index (κ2) is 3.69. The molecule has 0 spiro atoms. The maximum absolute atomic E-state index is 12.6. The average Bonchev–Trinajstić information content (AvgIpc) is 3.05. The SMILES string of the molecule is O=C1C2C(C(=O)N1C1CCCCC1)[C@H]1C=C[C@@H]2C1. The second-order valence-corrected chi connectivity index (χ2v) is 6.34. The predicted octanol–water partition coefficient (Wildman–Crippen LogP) is 2.13. The fourth-order valence-corrected chi connectivity index (χ4v) is 4.62. The highest BCUT2D eigenvalue weighted by molar-refractivity contribution is 6.06. The van der Waals surface area contributed by atoms with E-state index in [0.29, 0.717) is 11.8 Å². The van der Waals surface area contributed by atoms with Crippen LogP contribution < -0.4 is 0 Å². The minimum atomic E-state index is -0.00516. The maximum atomic E-state index is 12.6. The molecule has 2 unspecified atom stereocenters. The molecule has 4 aliphatic rings. The van der Waals surface area contributed by atoms with Gasteiger partial charge in [-0.25, -0.2) is 0 Å². The van der Waals surface area contributed by atoms with E-state index in [4.69, 9.17) is 0 Å². The first-order chi connectivity index (χ1) is 8.77. The number of hydrogen-bond acceptors (Lipinski definition) is 2. The molecule has 3 aliphatic carbocycles. The fraction of sp³-hybridized carbons (Fsp3) is 0.733. The van der Waals surface area contributed by atoms with Crippen LogP contribution in [0.2, 0.25) is 0 Å². The van der Waals surface area contributed by atoms with Crippen LogP contribution in [0.25, 0.3) is 0 Å². The van der Waals surface area contributed by atoms with Crippen molar-refractivity contribution in [3.8, 4) is 0 Å². The third kappa shape index (κ3) is 1.25. The molecule has 1 heterocycles. The van der Waals surface area contributed by atoms with E-state index in [1.165, 1.54) is 19.3 Å². The zero-order chi connectivity index (χ0) is 12.3. The molecule has 0 N–H and O–H groups in total. The molecule has 4 rings (SSSR count). The number of rotatable bonds is 1. The number of allylic oxidation sites excluding steroid dienone is 2. The Morgan fingerprint density at radius 2 is 1.44 bits per heavy atom. The zero-order valence-corrected chi connectivity index (χ0v) is 10.5. The van der Waals surface area contributed by atoms with Gasteiger partial charge < -0.3 is 0 Å². The summed E-state index contributed by atoms with van der Waals surface area (Å²) in [5.74, 6) is 0.987. The van der Waals surface area contributed by atoms with Gasteiger partial charge in [0.1, 0.15) is 0 Å². The van der Waals surface area contributed by atoms with Crippen LogP contribution in [0, 0.1) is 23.7 Å². The Bertz CT molecular complexity index is 406. The van der Waals surface area contributed by atoms with Crippen LogP contribution in [0.5, 0.6) is 0 Å². The molecular weight excluding hydrogens is 226 g/mol. The summed E-state index contributed by atoms with van der Waals surface area (Å²) in [5, 5.41) is 0. The molecule has 0 aromatic rings. The summed E-state index contributed by atoms with van der Waals surface area (Å²) < 4.78 is 0. The minimum absolute atomic E-state index is 0.00516. The lowest BCUT2D eigenvalue weighted by atomic mass is 9.85. The van der Waals surface area contributed by atoms with Crippen molar-refractivity contribution in [3.05, 3.63) is 12.2 Å². The Hall–Kier alpha value is -1.12. The Kier molecular flexibility index (Phi) is 2.21. The van der Waals surface area contributed by atoms with Crippen molar-refractivity contribution in [2.75, 3.05) is 0 Å². The molecule has 1 saturated heterocycles. The Labute approximate surface area is 107 Å². The molecule has 4 atom stereocenters. The Balaban J connectivity index is 1.63. The highest BCUT2D eigenvalue weighted by Crippen LogP contribution is 2.53. The summed E-state index contributed by atoms with van der Waals surface area (Å²) >= 11 is 0. The largest absolute Gasteiger partial charge is 0.279 e. The number of imide groups is 1. The first kappa shape index (κ1) is 10.8. The van der Waals surface area contributed by atoms with E-state index in [0.717, 1.165) is 19.3 Å². The van der Waals surface area contributed by atoms with Crippen molar-refractivity contribution in [1.29, 1.82) is 0 Å². The smallest absolute Gasteiger partial charge is 0.233 e. The van der Waals surface area contributed by atoms with Gasteiger partial charge in [-0.2, -0.15) is 0 Å². The van der Waals surface area contributed by atoms with Gasteiger partial charge in [0.25, 0.3) is 0 Å². The molecule has 3 heteroatoms. The van der Waals surface area contributed by atoms with Gasteiger partial charge in [-0.15, -0.1) is 0 Å². The lowest BCUT2D eigenvalue weighted by molar-refractivity contribution is -0.144. The quantitative estimate of drug-likeness (QED) is 0.524. The molecule has 96 valence electrons. The Morgan fingerprint density at radius 3 is 2.00 bits per heavy atom. The highest BCUT2D eigenvalue weighted by Gasteiger charge is 2.60. The van der Waals surface area contributed by atoms with Gasteiger partial charge in [-0.05, 0) is 31.1 Å². The number of hydrogen-bond donors (Lipinski definition) is 0. The van der Waals surface area contributed by atoms with Crippen LogP contribution in [0.15, 0.2) is 12.2 Å². The third-order valence-corrected chi connectivity index (χ3v) is 5.44. The van der Waals surface area contributed by atoms with Crippen LogP contribution >= 0.6 is 0 Å². The number of carbonyl (C=O) groups is 2. The lowest BCUT2D eigenvalue weighted by Gasteiger charge is -2.30. The molecule has 1 aliphatic heterocycles. The zero-order valence-electron chi connectivity index (χ0n) is 10.5. The summed E-state index contributed by atoms with van der Waals surface area (Å²) in [5.41, 5.74) is 0. The predicted molar refractivity (Wildman–Crippen MR) is 66.4 cm³/mol. The van der Waals surface area contributed by atoms with Gasteiger partial charge in [0, 0.05) is 6.04 Å². The topological polar surface area (TPSA) is 37.4 Å². The second-order valence-electron chi connectivity index (χ2n) is 6.34. The van der Waals surface area contributed by atoms with E-state index < -0.39 is 0 Å². The van der Waals surface area contributed by atoms with Crippen molar-refractivity contribution in [3.63, 3.8) is 0 Å². The van der Waals surface area contributed by atoms with Gasteiger partial charge in [0.05, 0.1) is 11.8 Å². The molecular formula is C15H19NO2. The van der Waals surface area contributed by atoms with Crippen molar-refractivity contribution < 1.29 is 9.59 Å². The summed E-state index contributed by atoms with van der Waals surface area (Å²) in [6.07, 6.45) is 11.0. The number of likely N-dealkylation sites (tertiary alicyclic amines) is 1. The van der Waals surface area contributed by atoms with Gasteiger partial charge in [0.15, 0.2) is 0 Å². The number of nitrogens with zero attached hydrogens (tertiary/aromatic N) is 1. The van der Waals surface area contributed by atoms with Crippen LogP contribution in [0.4, 0.5) is 0 Å². The number of carbonyl (C=O) groups excluding carboxylic acids is 2. The van der Waals surface area contributed by atoms with E-state index in [1.807, 2.05) is 0 Å². The molecule has 2 bridgehead atoms. The van der Waals surface area contributed by atoms with E-state index in [1.54, 1.807) is 4.90 Å². The van der Waals surface area contributed by atoms with Crippen LogP contribution in [-0.4, -0.2) is 22.8 Å². The van der Waals surface area contributed by atoms with Crippen molar-refractivity contribution in [2.24, 2.45) is 23.7 Å².